The second-order valence-electron chi connectivity index (χ2n) is 7.70. The molecule has 0 radical (unpaired) electrons. The third kappa shape index (κ3) is 5.35. The Morgan fingerprint density at radius 3 is 2.31 bits per heavy atom. The summed E-state index contributed by atoms with van der Waals surface area (Å²) in [5.41, 5.74) is -0.865. The molecule has 0 amide bonds. The first-order chi connectivity index (χ1) is 15.3. The first-order valence-electron chi connectivity index (χ1n) is 10.7. The molecular formula is C25H25F5O2. The van der Waals surface area contributed by atoms with Crippen molar-refractivity contribution in [2.75, 3.05) is 6.61 Å². The second kappa shape index (κ2) is 10.2. The maximum Gasteiger partial charge on any atom is 0.429 e. The van der Waals surface area contributed by atoms with E-state index in [1.54, 1.807) is 6.92 Å². The summed E-state index contributed by atoms with van der Waals surface area (Å²) >= 11 is 0. The highest BCUT2D eigenvalue weighted by Crippen LogP contribution is 2.39. The molecule has 0 heterocycles. The van der Waals surface area contributed by atoms with Crippen molar-refractivity contribution in [2.45, 2.75) is 58.0 Å². The summed E-state index contributed by atoms with van der Waals surface area (Å²) in [6.45, 7) is 3.58. The molecule has 0 atom stereocenters. The van der Waals surface area contributed by atoms with Crippen molar-refractivity contribution < 1.29 is 31.4 Å². The molecule has 2 aromatic carbocycles. The molecule has 1 aliphatic rings. The summed E-state index contributed by atoms with van der Waals surface area (Å²) in [5.74, 6) is 1.64. The Labute approximate surface area is 184 Å². The molecule has 1 fully saturated rings. The molecule has 2 nitrogen and oxygen atoms in total. The van der Waals surface area contributed by atoms with Gasteiger partial charge in [0.25, 0.3) is 0 Å². The number of ether oxygens (including phenoxy) is 2. The van der Waals surface area contributed by atoms with Crippen LogP contribution >= 0.6 is 0 Å². The van der Waals surface area contributed by atoms with Crippen LogP contribution in [-0.4, -0.2) is 6.61 Å². The van der Waals surface area contributed by atoms with Crippen LogP contribution in [0.2, 0.25) is 0 Å². The minimum absolute atomic E-state index is 0.0260. The molecule has 0 aromatic heterocycles. The molecule has 7 heteroatoms. The van der Waals surface area contributed by atoms with Crippen molar-refractivity contribution in [3.63, 3.8) is 0 Å². The third-order valence-electron chi connectivity index (χ3n) is 5.53. The van der Waals surface area contributed by atoms with Gasteiger partial charge >= 0.3 is 6.11 Å². The van der Waals surface area contributed by atoms with Crippen LogP contribution in [0.25, 0.3) is 0 Å². The van der Waals surface area contributed by atoms with Gasteiger partial charge in [-0.25, -0.2) is 8.78 Å². The minimum atomic E-state index is -4.21. The van der Waals surface area contributed by atoms with E-state index in [0.717, 1.165) is 44.2 Å². The van der Waals surface area contributed by atoms with Crippen LogP contribution in [0.3, 0.4) is 0 Å². The number of alkyl halides is 2. The molecule has 1 saturated carbocycles. The molecule has 0 bridgehead atoms. The van der Waals surface area contributed by atoms with Gasteiger partial charge in [0.05, 0.1) is 6.61 Å². The van der Waals surface area contributed by atoms with E-state index >= 15 is 0 Å². The van der Waals surface area contributed by atoms with Crippen LogP contribution in [0.15, 0.2) is 30.3 Å². The zero-order valence-corrected chi connectivity index (χ0v) is 18.0. The molecule has 3 rings (SSSR count). The number of benzene rings is 2. The van der Waals surface area contributed by atoms with Gasteiger partial charge < -0.3 is 9.47 Å². The zero-order valence-electron chi connectivity index (χ0n) is 18.0. The standard InChI is InChI=1S/C25H25F5O2/c1-3-5-6-16-7-9-17(10-8-16)19-12-11-18(15-21(19)26)32-25(29,30)20-13-14-22(31-4-2)24(28)23(20)27/h11-17H,3-4,7-10H2,1-2H3. The monoisotopic (exact) mass is 452 g/mol. The van der Waals surface area contributed by atoms with Crippen molar-refractivity contribution in [1.29, 1.82) is 0 Å². The van der Waals surface area contributed by atoms with E-state index < -0.39 is 40.6 Å². The average molecular weight is 452 g/mol. The highest BCUT2D eigenvalue weighted by atomic mass is 19.3. The molecule has 0 aliphatic heterocycles. The highest BCUT2D eigenvalue weighted by molar-refractivity contribution is 5.35. The number of hydrogen-bond donors (Lipinski definition) is 0. The van der Waals surface area contributed by atoms with E-state index in [0.29, 0.717) is 17.5 Å². The van der Waals surface area contributed by atoms with Crippen molar-refractivity contribution in [2.24, 2.45) is 5.92 Å². The van der Waals surface area contributed by atoms with Gasteiger partial charge in [-0.15, -0.1) is 5.92 Å². The predicted molar refractivity (Wildman–Crippen MR) is 111 cm³/mol. The van der Waals surface area contributed by atoms with Crippen LogP contribution in [0.4, 0.5) is 22.0 Å². The van der Waals surface area contributed by atoms with Gasteiger partial charge in [-0.05, 0) is 62.3 Å². The van der Waals surface area contributed by atoms with Crippen LogP contribution in [-0.2, 0) is 6.11 Å². The van der Waals surface area contributed by atoms with Gasteiger partial charge in [0.2, 0.25) is 5.82 Å². The van der Waals surface area contributed by atoms with Gasteiger partial charge in [-0.1, -0.05) is 18.9 Å². The molecule has 0 saturated heterocycles. The van der Waals surface area contributed by atoms with Gasteiger partial charge in [0.15, 0.2) is 11.6 Å². The van der Waals surface area contributed by atoms with Gasteiger partial charge in [0.1, 0.15) is 17.1 Å². The van der Waals surface area contributed by atoms with Gasteiger partial charge in [0, 0.05) is 18.4 Å². The second-order valence-corrected chi connectivity index (χ2v) is 7.70. The lowest BCUT2D eigenvalue weighted by atomic mass is 9.79. The molecule has 2 aromatic rings. The van der Waals surface area contributed by atoms with Crippen LogP contribution in [0, 0.1) is 35.2 Å². The van der Waals surface area contributed by atoms with E-state index in [2.05, 4.69) is 16.6 Å². The van der Waals surface area contributed by atoms with Crippen molar-refractivity contribution >= 4 is 0 Å². The Hall–Kier alpha value is -2.75. The van der Waals surface area contributed by atoms with Crippen LogP contribution in [0.1, 0.15) is 63.0 Å². The summed E-state index contributed by atoms with van der Waals surface area (Å²) in [6, 6.07) is 5.08. The molecule has 32 heavy (non-hydrogen) atoms. The Kier molecular flexibility index (Phi) is 7.65. The van der Waals surface area contributed by atoms with Crippen molar-refractivity contribution in [1.82, 2.24) is 0 Å². The van der Waals surface area contributed by atoms with E-state index in [1.807, 2.05) is 6.92 Å². The summed E-state index contributed by atoms with van der Waals surface area (Å²) in [7, 11) is 0. The number of hydrogen-bond acceptors (Lipinski definition) is 2. The summed E-state index contributed by atoms with van der Waals surface area (Å²) < 4.78 is 81.3. The minimum Gasteiger partial charge on any atom is -0.491 e. The fourth-order valence-electron chi connectivity index (χ4n) is 3.92. The smallest absolute Gasteiger partial charge is 0.429 e. The Morgan fingerprint density at radius 2 is 1.69 bits per heavy atom. The first kappa shape index (κ1) is 23.9. The van der Waals surface area contributed by atoms with E-state index in [9.17, 15) is 22.0 Å². The lowest BCUT2D eigenvalue weighted by Crippen LogP contribution is -2.24. The lowest BCUT2D eigenvalue weighted by molar-refractivity contribution is -0.187. The molecule has 0 unspecified atom stereocenters. The molecular weight excluding hydrogens is 427 g/mol. The van der Waals surface area contributed by atoms with Crippen LogP contribution in [0.5, 0.6) is 11.5 Å². The van der Waals surface area contributed by atoms with Gasteiger partial charge in [-0.3, -0.25) is 0 Å². The predicted octanol–water partition coefficient (Wildman–Crippen LogP) is 7.32. The Bertz CT molecular complexity index is 1000. The summed E-state index contributed by atoms with van der Waals surface area (Å²) in [5, 5.41) is 0. The summed E-state index contributed by atoms with van der Waals surface area (Å²) in [6.07, 6.45) is -0.181. The maximum atomic E-state index is 14.7. The topological polar surface area (TPSA) is 18.5 Å². The fraction of sp³-hybridized carbons (Fsp3) is 0.440. The van der Waals surface area contributed by atoms with Crippen molar-refractivity contribution in [3.05, 3.63) is 58.9 Å². The zero-order chi connectivity index (χ0) is 23.3. The van der Waals surface area contributed by atoms with Gasteiger partial charge in [-0.2, -0.15) is 13.2 Å². The van der Waals surface area contributed by atoms with Crippen molar-refractivity contribution in [3.8, 4) is 23.3 Å². The highest BCUT2D eigenvalue weighted by Gasteiger charge is 2.40. The SMILES string of the molecule is CCC#CC1CCC(c2ccc(OC(F)(F)c3ccc(OCC)c(F)c3F)cc2F)CC1. The first-order valence-corrected chi connectivity index (χ1v) is 10.7. The van der Waals surface area contributed by atoms with E-state index in [4.69, 9.17) is 4.74 Å². The largest absolute Gasteiger partial charge is 0.491 e. The Morgan fingerprint density at radius 1 is 0.969 bits per heavy atom. The van der Waals surface area contributed by atoms with E-state index in [1.165, 1.54) is 12.1 Å². The third-order valence-corrected chi connectivity index (χ3v) is 5.53. The molecule has 172 valence electrons. The fourth-order valence-corrected chi connectivity index (χ4v) is 3.92. The maximum absolute atomic E-state index is 14.7. The summed E-state index contributed by atoms with van der Waals surface area (Å²) in [4.78, 5) is 0. The Balaban J connectivity index is 1.73. The number of halogens is 5. The quantitative estimate of drug-likeness (QED) is 0.338. The van der Waals surface area contributed by atoms with Crippen LogP contribution < -0.4 is 9.47 Å². The lowest BCUT2D eigenvalue weighted by Gasteiger charge is -2.26. The molecule has 0 N–H and O–H groups in total. The molecule has 1 aliphatic carbocycles. The average Bonchev–Trinajstić information content (AvgIpc) is 2.76. The number of rotatable bonds is 6. The van der Waals surface area contributed by atoms with E-state index in [-0.39, 0.29) is 12.5 Å². The molecule has 0 spiro atoms. The normalized spacial score (nSPS) is 18.6.